The Kier molecular flexibility index (Phi) is 7.65. The normalized spacial score (nSPS) is 15.8. The van der Waals surface area contributed by atoms with Crippen LogP contribution >= 0.6 is 15.9 Å². The Morgan fingerprint density at radius 1 is 1.19 bits per heavy atom. The summed E-state index contributed by atoms with van der Waals surface area (Å²) in [5.41, 5.74) is 2.83. The van der Waals surface area contributed by atoms with Crippen molar-refractivity contribution in [2.45, 2.75) is 4.90 Å². The number of piperazine rings is 1. The summed E-state index contributed by atoms with van der Waals surface area (Å²) in [6.45, 7) is 1.56. The number of nitrogens with one attached hydrogen (secondary N) is 1. The van der Waals surface area contributed by atoms with Crippen molar-refractivity contribution in [2.75, 3.05) is 39.8 Å². The van der Waals surface area contributed by atoms with Gasteiger partial charge in [0, 0.05) is 36.2 Å². The molecular weight excluding hydrogens is 488 g/mol. The molecule has 1 heterocycles. The molecule has 0 aliphatic carbocycles. The number of aromatic hydroxyl groups is 1. The summed E-state index contributed by atoms with van der Waals surface area (Å²) in [5.74, 6) is -0.0832. The first-order valence-electron chi connectivity index (χ1n) is 9.47. The van der Waals surface area contributed by atoms with Crippen molar-refractivity contribution in [3.8, 4) is 11.5 Å². The first kappa shape index (κ1) is 23.2. The average Bonchev–Trinajstić information content (AvgIpc) is 2.75. The van der Waals surface area contributed by atoms with Gasteiger partial charge in [-0.05, 0) is 36.4 Å². The average molecular weight is 511 g/mol. The van der Waals surface area contributed by atoms with Crippen molar-refractivity contribution in [2.24, 2.45) is 5.10 Å². The lowest BCUT2D eigenvalue weighted by Gasteiger charge is -2.33. The first-order valence-corrected chi connectivity index (χ1v) is 11.7. The second-order valence-corrected chi connectivity index (χ2v) is 9.68. The highest BCUT2D eigenvalue weighted by Gasteiger charge is 2.28. The number of hydrogen-bond acceptors (Lipinski definition) is 7. The van der Waals surface area contributed by atoms with E-state index in [9.17, 15) is 18.3 Å². The van der Waals surface area contributed by atoms with Gasteiger partial charge in [-0.3, -0.25) is 9.69 Å². The van der Waals surface area contributed by atoms with Crippen LogP contribution in [0.5, 0.6) is 11.5 Å². The Balaban J connectivity index is 1.49. The lowest BCUT2D eigenvalue weighted by Crippen LogP contribution is -2.50. The number of carbonyl (C=O) groups is 1. The lowest BCUT2D eigenvalue weighted by atomic mass is 10.2. The van der Waals surface area contributed by atoms with Gasteiger partial charge >= 0.3 is 0 Å². The summed E-state index contributed by atoms with van der Waals surface area (Å²) in [5, 5.41) is 13.9. The minimum Gasteiger partial charge on any atom is -0.504 e. The maximum atomic E-state index is 12.7. The Morgan fingerprint density at radius 2 is 1.87 bits per heavy atom. The molecule has 2 aromatic carbocycles. The number of ether oxygens (including phenoxy) is 1. The largest absolute Gasteiger partial charge is 0.504 e. The van der Waals surface area contributed by atoms with Gasteiger partial charge in [-0.25, -0.2) is 13.8 Å². The SMILES string of the molecule is COc1cccc(/C=N/NC(=O)CN2CCN(S(=O)(=O)c3ccc(Br)cc3)CC2)c1O. The second kappa shape index (κ2) is 10.2. The number of hydrazone groups is 1. The number of para-hydroxylation sites is 1. The Hall–Kier alpha value is -2.47. The molecule has 1 fully saturated rings. The lowest BCUT2D eigenvalue weighted by molar-refractivity contribution is -0.122. The molecule has 0 aromatic heterocycles. The Morgan fingerprint density at radius 3 is 2.52 bits per heavy atom. The minimum atomic E-state index is -3.56. The fourth-order valence-electron chi connectivity index (χ4n) is 3.10. The van der Waals surface area contributed by atoms with E-state index in [0.29, 0.717) is 37.5 Å². The third-order valence-electron chi connectivity index (χ3n) is 4.79. The second-order valence-electron chi connectivity index (χ2n) is 6.83. The van der Waals surface area contributed by atoms with Gasteiger partial charge in [-0.2, -0.15) is 9.41 Å². The minimum absolute atomic E-state index is 0.0638. The Labute approximate surface area is 189 Å². The third-order valence-corrected chi connectivity index (χ3v) is 7.23. The molecule has 1 amide bonds. The van der Waals surface area contributed by atoms with Crippen LogP contribution in [-0.4, -0.2) is 74.7 Å². The zero-order valence-electron chi connectivity index (χ0n) is 16.9. The summed E-state index contributed by atoms with van der Waals surface area (Å²) < 4.78 is 32.7. The van der Waals surface area contributed by atoms with E-state index in [0.717, 1.165) is 4.47 Å². The fraction of sp³-hybridized carbons (Fsp3) is 0.300. The molecule has 2 N–H and O–H groups in total. The van der Waals surface area contributed by atoms with Crippen molar-refractivity contribution in [1.29, 1.82) is 0 Å². The van der Waals surface area contributed by atoms with E-state index in [1.54, 1.807) is 42.5 Å². The molecule has 1 aliphatic heterocycles. The Bertz CT molecular complexity index is 1050. The summed E-state index contributed by atoms with van der Waals surface area (Å²) in [7, 11) is -2.11. The molecule has 9 nitrogen and oxygen atoms in total. The van der Waals surface area contributed by atoms with Gasteiger partial charge in [0.1, 0.15) is 0 Å². The zero-order chi connectivity index (χ0) is 22.4. The van der Waals surface area contributed by atoms with Crippen LogP contribution in [-0.2, 0) is 14.8 Å². The predicted molar refractivity (Wildman–Crippen MR) is 120 cm³/mol. The summed E-state index contributed by atoms with van der Waals surface area (Å²) in [4.78, 5) is 14.3. The van der Waals surface area contributed by atoms with Crippen LogP contribution in [0, 0.1) is 0 Å². The van der Waals surface area contributed by atoms with E-state index in [4.69, 9.17) is 4.74 Å². The molecular formula is C20H23BrN4O5S. The summed E-state index contributed by atoms with van der Waals surface area (Å²) in [6, 6.07) is 11.5. The van der Waals surface area contributed by atoms with Crippen LogP contribution in [0.4, 0.5) is 0 Å². The van der Waals surface area contributed by atoms with Gasteiger partial charge in [-0.15, -0.1) is 0 Å². The number of halogens is 1. The third kappa shape index (κ3) is 5.82. The van der Waals surface area contributed by atoms with E-state index < -0.39 is 10.0 Å². The molecule has 0 spiro atoms. The van der Waals surface area contributed by atoms with E-state index in [2.05, 4.69) is 26.5 Å². The van der Waals surface area contributed by atoms with Gasteiger partial charge in [0.15, 0.2) is 11.5 Å². The highest BCUT2D eigenvalue weighted by molar-refractivity contribution is 9.10. The van der Waals surface area contributed by atoms with Gasteiger partial charge < -0.3 is 9.84 Å². The quantitative estimate of drug-likeness (QED) is 0.432. The van der Waals surface area contributed by atoms with Crippen molar-refractivity contribution < 1.29 is 23.1 Å². The highest BCUT2D eigenvalue weighted by Crippen LogP contribution is 2.27. The van der Waals surface area contributed by atoms with Gasteiger partial charge in [0.05, 0.1) is 24.8 Å². The van der Waals surface area contributed by atoms with Crippen LogP contribution in [0.1, 0.15) is 5.56 Å². The van der Waals surface area contributed by atoms with Crippen LogP contribution in [0.15, 0.2) is 56.9 Å². The number of hydrogen-bond donors (Lipinski definition) is 2. The molecule has 1 saturated heterocycles. The van der Waals surface area contributed by atoms with E-state index in [1.807, 2.05) is 4.90 Å². The van der Waals surface area contributed by atoms with Crippen molar-refractivity contribution in [1.82, 2.24) is 14.6 Å². The van der Waals surface area contributed by atoms with Crippen LogP contribution in [0.25, 0.3) is 0 Å². The number of phenols is 1. The molecule has 0 atom stereocenters. The molecule has 166 valence electrons. The van der Waals surface area contributed by atoms with Crippen LogP contribution in [0.2, 0.25) is 0 Å². The standard InChI is InChI=1S/C20H23BrN4O5S/c1-30-18-4-2-3-15(20(18)27)13-22-23-19(26)14-24-9-11-25(12-10-24)31(28,29)17-7-5-16(21)6-8-17/h2-8,13,27H,9-12,14H2,1H3,(H,23,26)/b22-13+. The van der Waals surface area contributed by atoms with Crippen molar-refractivity contribution in [3.05, 3.63) is 52.5 Å². The topological polar surface area (TPSA) is 112 Å². The number of rotatable bonds is 7. The molecule has 3 rings (SSSR count). The van der Waals surface area contributed by atoms with E-state index >= 15 is 0 Å². The van der Waals surface area contributed by atoms with E-state index in [-0.39, 0.29) is 23.1 Å². The van der Waals surface area contributed by atoms with Crippen LogP contribution < -0.4 is 10.2 Å². The number of methoxy groups -OCH3 is 1. The van der Waals surface area contributed by atoms with Crippen LogP contribution in [0.3, 0.4) is 0 Å². The number of phenolic OH excluding ortho intramolecular Hbond substituents is 1. The molecule has 11 heteroatoms. The summed E-state index contributed by atoms with van der Waals surface area (Å²) >= 11 is 3.30. The number of sulfonamides is 1. The molecule has 0 unspecified atom stereocenters. The smallest absolute Gasteiger partial charge is 0.254 e. The fourth-order valence-corrected chi connectivity index (χ4v) is 4.79. The van der Waals surface area contributed by atoms with Gasteiger partial charge in [0.2, 0.25) is 10.0 Å². The first-order chi connectivity index (χ1) is 14.8. The number of benzene rings is 2. The molecule has 31 heavy (non-hydrogen) atoms. The summed E-state index contributed by atoms with van der Waals surface area (Å²) in [6.07, 6.45) is 1.33. The maximum Gasteiger partial charge on any atom is 0.254 e. The monoisotopic (exact) mass is 510 g/mol. The van der Waals surface area contributed by atoms with E-state index in [1.165, 1.54) is 17.6 Å². The molecule has 0 bridgehead atoms. The predicted octanol–water partition coefficient (Wildman–Crippen LogP) is 1.62. The maximum absolute atomic E-state index is 12.7. The van der Waals surface area contributed by atoms with Crippen molar-refractivity contribution >= 4 is 38.1 Å². The molecule has 0 radical (unpaired) electrons. The van der Waals surface area contributed by atoms with Gasteiger partial charge in [-0.1, -0.05) is 22.0 Å². The van der Waals surface area contributed by atoms with Crippen molar-refractivity contribution in [3.63, 3.8) is 0 Å². The number of carbonyl (C=O) groups excluding carboxylic acids is 1. The number of amides is 1. The number of nitrogens with zero attached hydrogens (tertiary/aromatic N) is 3. The highest BCUT2D eigenvalue weighted by atomic mass is 79.9. The molecule has 1 aliphatic rings. The van der Waals surface area contributed by atoms with Gasteiger partial charge in [0.25, 0.3) is 5.91 Å². The molecule has 2 aromatic rings. The zero-order valence-corrected chi connectivity index (χ0v) is 19.3. The molecule has 0 saturated carbocycles.